The zero-order valence-electron chi connectivity index (χ0n) is 8.19. The van der Waals surface area contributed by atoms with Crippen LogP contribution in [0.15, 0.2) is 0 Å². The second kappa shape index (κ2) is 3.40. The fourth-order valence-corrected chi connectivity index (χ4v) is 2.66. The molecular formula is C9H16N2OS. The summed E-state index contributed by atoms with van der Waals surface area (Å²) in [6, 6.07) is 0.811. The lowest BCUT2D eigenvalue weighted by Gasteiger charge is -2.20. The van der Waals surface area contributed by atoms with Gasteiger partial charge < -0.3 is 9.80 Å². The van der Waals surface area contributed by atoms with Crippen molar-refractivity contribution < 1.29 is 4.79 Å². The number of thioether (sulfide) groups is 1. The van der Waals surface area contributed by atoms with Crippen LogP contribution in [-0.2, 0) is 0 Å². The number of carbonyl (C=O) groups excluding carboxylic acids is 1. The van der Waals surface area contributed by atoms with Gasteiger partial charge in [-0.1, -0.05) is 0 Å². The molecule has 0 radical (unpaired) electrons. The molecule has 0 N–H and O–H groups in total. The molecule has 2 rings (SSSR count). The van der Waals surface area contributed by atoms with Crippen LogP contribution in [0.3, 0.4) is 0 Å². The maximum atomic E-state index is 11.8. The first kappa shape index (κ1) is 9.19. The molecule has 2 aliphatic rings. The molecule has 1 saturated heterocycles. The molecule has 13 heavy (non-hydrogen) atoms. The van der Waals surface area contributed by atoms with Crippen LogP contribution in [0.1, 0.15) is 19.8 Å². The van der Waals surface area contributed by atoms with Gasteiger partial charge >= 0.3 is 6.03 Å². The molecule has 0 spiro atoms. The number of likely N-dealkylation sites (N-methyl/N-ethyl adjacent to an activating group) is 1. The molecule has 1 heterocycles. The summed E-state index contributed by atoms with van der Waals surface area (Å²) in [6.45, 7) is 3.80. The first-order valence-electron chi connectivity index (χ1n) is 4.88. The summed E-state index contributed by atoms with van der Waals surface area (Å²) in [5, 5.41) is 0.403. The molecule has 1 unspecified atom stereocenters. The zero-order chi connectivity index (χ0) is 9.42. The molecule has 0 aromatic carbocycles. The summed E-state index contributed by atoms with van der Waals surface area (Å²) in [5.41, 5.74) is 0. The zero-order valence-corrected chi connectivity index (χ0v) is 9.01. The normalized spacial score (nSPS) is 28.8. The molecule has 4 heteroatoms. The minimum atomic E-state index is 0.254. The topological polar surface area (TPSA) is 23.6 Å². The van der Waals surface area contributed by atoms with Crippen molar-refractivity contribution in [3.63, 3.8) is 0 Å². The summed E-state index contributed by atoms with van der Waals surface area (Å²) < 4.78 is 0. The Hall–Kier alpha value is -0.380. The largest absolute Gasteiger partial charge is 0.322 e. The lowest BCUT2D eigenvalue weighted by Crippen LogP contribution is -2.35. The Labute approximate surface area is 83.5 Å². The van der Waals surface area contributed by atoms with E-state index in [1.807, 2.05) is 11.8 Å². The van der Waals surface area contributed by atoms with Gasteiger partial charge in [-0.2, -0.15) is 0 Å². The smallest absolute Gasteiger partial charge is 0.321 e. The van der Waals surface area contributed by atoms with Crippen LogP contribution in [-0.4, -0.2) is 46.6 Å². The molecule has 1 atom stereocenters. The van der Waals surface area contributed by atoms with Crippen molar-refractivity contribution in [2.75, 3.05) is 19.3 Å². The van der Waals surface area contributed by atoms with Crippen molar-refractivity contribution in [3.8, 4) is 0 Å². The Morgan fingerprint density at radius 2 is 2.23 bits per heavy atom. The van der Waals surface area contributed by atoms with Gasteiger partial charge in [-0.15, -0.1) is 11.8 Å². The fraction of sp³-hybridized carbons (Fsp3) is 0.889. The van der Waals surface area contributed by atoms with E-state index in [2.05, 4.69) is 11.2 Å². The third-order valence-corrected chi connectivity index (χ3v) is 3.69. The van der Waals surface area contributed by atoms with Gasteiger partial charge in [0, 0.05) is 12.6 Å². The molecule has 0 aromatic rings. The van der Waals surface area contributed by atoms with Crippen molar-refractivity contribution in [2.24, 2.45) is 0 Å². The van der Waals surface area contributed by atoms with Crippen LogP contribution in [0.4, 0.5) is 4.79 Å². The lowest BCUT2D eigenvalue weighted by molar-refractivity contribution is 0.190. The highest BCUT2D eigenvalue weighted by atomic mass is 32.2. The first-order chi connectivity index (χ1) is 6.27. The van der Waals surface area contributed by atoms with Gasteiger partial charge in [0.2, 0.25) is 0 Å². The number of amides is 2. The third kappa shape index (κ3) is 1.52. The second-order valence-electron chi connectivity index (χ2n) is 3.65. The van der Waals surface area contributed by atoms with Crippen LogP contribution in [0.5, 0.6) is 0 Å². The number of carbonyl (C=O) groups is 1. The van der Waals surface area contributed by atoms with E-state index in [1.54, 1.807) is 11.8 Å². The summed E-state index contributed by atoms with van der Waals surface area (Å²) in [5.74, 6) is 0. The van der Waals surface area contributed by atoms with Crippen LogP contribution < -0.4 is 0 Å². The van der Waals surface area contributed by atoms with Crippen LogP contribution in [0, 0.1) is 0 Å². The SMILES string of the molecule is CCN1CC(SC)N(C2CC2)C1=O. The molecule has 2 fully saturated rings. The van der Waals surface area contributed by atoms with Gasteiger partial charge in [-0.3, -0.25) is 0 Å². The molecule has 3 nitrogen and oxygen atoms in total. The number of hydrogen-bond acceptors (Lipinski definition) is 2. The van der Waals surface area contributed by atoms with E-state index in [9.17, 15) is 4.79 Å². The molecule has 74 valence electrons. The monoisotopic (exact) mass is 200 g/mol. The average molecular weight is 200 g/mol. The number of urea groups is 1. The van der Waals surface area contributed by atoms with Crippen molar-refractivity contribution in [1.82, 2.24) is 9.80 Å². The van der Waals surface area contributed by atoms with Crippen molar-refractivity contribution in [2.45, 2.75) is 31.2 Å². The predicted molar refractivity (Wildman–Crippen MR) is 54.8 cm³/mol. The predicted octanol–water partition coefficient (Wildman–Crippen LogP) is 1.60. The standard InChI is InChI=1S/C9H16N2OS/c1-3-10-6-8(13-2)11(9(10)12)7-4-5-7/h7-8H,3-6H2,1-2H3. The molecule has 1 aliphatic carbocycles. The fourth-order valence-electron chi connectivity index (χ4n) is 1.84. The summed E-state index contributed by atoms with van der Waals surface area (Å²) >= 11 is 1.80. The molecule has 1 saturated carbocycles. The minimum absolute atomic E-state index is 0.254. The van der Waals surface area contributed by atoms with Crippen molar-refractivity contribution in [3.05, 3.63) is 0 Å². The van der Waals surface area contributed by atoms with E-state index >= 15 is 0 Å². The minimum Gasteiger partial charge on any atom is -0.322 e. The van der Waals surface area contributed by atoms with Crippen LogP contribution >= 0.6 is 11.8 Å². The van der Waals surface area contributed by atoms with Gasteiger partial charge in [0.05, 0.1) is 11.9 Å². The number of hydrogen-bond donors (Lipinski definition) is 0. The van der Waals surface area contributed by atoms with Crippen molar-refractivity contribution in [1.29, 1.82) is 0 Å². The van der Waals surface area contributed by atoms with Crippen LogP contribution in [0.25, 0.3) is 0 Å². The molecule has 1 aliphatic heterocycles. The Bertz CT molecular complexity index is 218. The highest BCUT2D eigenvalue weighted by molar-refractivity contribution is 7.99. The van der Waals surface area contributed by atoms with Gasteiger partial charge in [-0.25, -0.2) is 4.79 Å². The van der Waals surface area contributed by atoms with E-state index in [4.69, 9.17) is 0 Å². The van der Waals surface area contributed by atoms with Gasteiger partial charge in [0.1, 0.15) is 0 Å². The Morgan fingerprint density at radius 3 is 2.69 bits per heavy atom. The Morgan fingerprint density at radius 1 is 1.54 bits per heavy atom. The van der Waals surface area contributed by atoms with E-state index in [0.29, 0.717) is 11.4 Å². The second-order valence-corrected chi connectivity index (χ2v) is 4.67. The lowest BCUT2D eigenvalue weighted by atomic mass is 10.5. The average Bonchev–Trinajstić information content (AvgIpc) is 2.91. The molecule has 2 amide bonds. The van der Waals surface area contributed by atoms with Gasteiger partial charge in [-0.05, 0) is 26.0 Å². The molecule has 0 aromatic heterocycles. The van der Waals surface area contributed by atoms with Crippen molar-refractivity contribution >= 4 is 17.8 Å². The van der Waals surface area contributed by atoms with Crippen LogP contribution in [0.2, 0.25) is 0 Å². The van der Waals surface area contributed by atoms with E-state index < -0.39 is 0 Å². The van der Waals surface area contributed by atoms with E-state index in [0.717, 1.165) is 13.1 Å². The maximum absolute atomic E-state index is 11.8. The summed E-state index contributed by atoms with van der Waals surface area (Å²) in [4.78, 5) is 15.8. The van der Waals surface area contributed by atoms with E-state index in [-0.39, 0.29) is 6.03 Å². The van der Waals surface area contributed by atoms with Gasteiger partial charge in [0.25, 0.3) is 0 Å². The maximum Gasteiger partial charge on any atom is 0.321 e. The first-order valence-corrected chi connectivity index (χ1v) is 6.16. The quantitative estimate of drug-likeness (QED) is 0.691. The van der Waals surface area contributed by atoms with E-state index in [1.165, 1.54) is 12.8 Å². The Kier molecular flexibility index (Phi) is 2.41. The molecular weight excluding hydrogens is 184 g/mol. The highest BCUT2D eigenvalue weighted by Crippen LogP contribution is 2.35. The van der Waals surface area contributed by atoms with Gasteiger partial charge in [0.15, 0.2) is 0 Å². The Balaban J connectivity index is 2.08. The summed E-state index contributed by atoms with van der Waals surface area (Å²) in [6.07, 6.45) is 4.51. The summed E-state index contributed by atoms with van der Waals surface area (Å²) in [7, 11) is 0. The molecule has 0 bridgehead atoms. The highest BCUT2D eigenvalue weighted by Gasteiger charge is 2.44. The number of rotatable bonds is 3. The number of nitrogens with zero attached hydrogens (tertiary/aromatic N) is 2. The third-order valence-electron chi connectivity index (χ3n) is 2.77.